The van der Waals surface area contributed by atoms with Crippen LogP contribution in [0.25, 0.3) is 6.08 Å². The molecule has 2 saturated carbocycles. The number of carboxylic acid groups (broad SMARTS) is 1. The Labute approximate surface area is 174 Å². The average Bonchev–Trinajstić information content (AvgIpc) is 3.26. The van der Waals surface area contributed by atoms with Crippen molar-refractivity contribution >= 4 is 22.1 Å². The third kappa shape index (κ3) is 6.28. The van der Waals surface area contributed by atoms with E-state index in [-0.39, 0.29) is 12.5 Å². The molecule has 2 aliphatic carbocycles. The number of fused-ring (bicyclic) bond motifs is 2. The van der Waals surface area contributed by atoms with E-state index in [0.29, 0.717) is 24.2 Å². The zero-order valence-corrected chi connectivity index (χ0v) is 17.8. The van der Waals surface area contributed by atoms with E-state index in [1.54, 1.807) is 6.08 Å². The first-order valence-electron chi connectivity index (χ1n) is 10.5. The molecule has 158 valence electrons. The normalized spacial score (nSPS) is 26.7. The van der Waals surface area contributed by atoms with E-state index in [0.717, 1.165) is 36.8 Å². The zero-order valence-electron chi connectivity index (χ0n) is 17.0. The second-order valence-electron chi connectivity index (χ2n) is 8.39. The molecule has 2 bridgehead atoms. The molecular weight excluding hydrogens is 386 g/mol. The molecule has 6 heteroatoms. The number of rotatable bonds is 10. The number of nitrogens with one attached hydrogen (secondary N) is 1. The van der Waals surface area contributed by atoms with Gasteiger partial charge in [0.05, 0.1) is 0 Å². The van der Waals surface area contributed by atoms with Gasteiger partial charge in [-0.15, -0.1) is 0 Å². The van der Waals surface area contributed by atoms with Gasteiger partial charge < -0.3 is 5.11 Å². The van der Waals surface area contributed by atoms with Crippen LogP contribution in [0.2, 0.25) is 0 Å². The van der Waals surface area contributed by atoms with Crippen LogP contribution in [-0.4, -0.2) is 25.5 Å². The number of sulfonamides is 1. The van der Waals surface area contributed by atoms with Gasteiger partial charge in [0.15, 0.2) is 0 Å². The molecule has 4 unspecified atom stereocenters. The van der Waals surface area contributed by atoms with Crippen LogP contribution in [0.4, 0.5) is 0 Å². The first kappa shape index (κ1) is 21.8. The Kier molecular flexibility index (Phi) is 7.30. The second-order valence-corrected chi connectivity index (χ2v) is 9.99. The maximum Gasteiger partial charge on any atom is 0.303 e. The highest BCUT2D eigenvalue weighted by atomic mass is 32.2. The molecule has 3 rings (SSSR count). The van der Waals surface area contributed by atoms with Crippen molar-refractivity contribution in [3.05, 3.63) is 53.0 Å². The molecular formula is C23H31NO4S. The number of hydrogen-bond acceptors (Lipinski definition) is 3. The fourth-order valence-electron chi connectivity index (χ4n) is 4.75. The van der Waals surface area contributed by atoms with Crippen molar-refractivity contribution in [2.24, 2.45) is 17.8 Å². The van der Waals surface area contributed by atoms with Crippen molar-refractivity contribution in [1.29, 1.82) is 0 Å². The lowest BCUT2D eigenvalue weighted by atomic mass is 9.83. The van der Waals surface area contributed by atoms with E-state index >= 15 is 0 Å². The summed E-state index contributed by atoms with van der Waals surface area (Å²) in [5.74, 6) is 0.567. The van der Waals surface area contributed by atoms with Gasteiger partial charge in [0.1, 0.15) is 0 Å². The molecule has 0 aliphatic heterocycles. The number of aliphatic carboxylic acids is 1. The molecule has 1 aromatic rings. The summed E-state index contributed by atoms with van der Waals surface area (Å²) in [6, 6.07) is 7.75. The number of hydrogen-bond donors (Lipinski definition) is 2. The highest BCUT2D eigenvalue weighted by molar-refractivity contribution is 7.92. The van der Waals surface area contributed by atoms with Crippen LogP contribution in [0.1, 0.15) is 56.1 Å². The predicted octanol–water partition coefficient (Wildman–Crippen LogP) is 4.50. The van der Waals surface area contributed by atoms with Crippen LogP contribution in [-0.2, 0) is 14.8 Å². The minimum absolute atomic E-state index is 0.00918. The third-order valence-corrected chi connectivity index (χ3v) is 7.34. The fourth-order valence-corrected chi connectivity index (χ4v) is 5.91. The number of allylic oxidation sites excluding steroid dienone is 2. The Morgan fingerprint density at radius 1 is 1.17 bits per heavy atom. The molecule has 0 heterocycles. The Bertz CT molecular complexity index is 857. The molecule has 0 aromatic heterocycles. The summed E-state index contributed by atoms with van der Waals surface area (Å²) in [7, 11) is -3.50. The lowest BCUT2D eigenvalue weighted by Gasteiger charge is -2.30. The second kappa shape index (κ2) is 9.72. The summed E-state index contributed by atoms with van der Waals surface area (Å²) >= 11 is 0. The van der Waals surface area contributed by atoms with Crippen LogP contribution in [0.5, 0.6) is 0 Å². The lowest BCUT2D eigenvalue weighted by Crippen LogP contribution is -2.43. The minimum Gasteiger partial charge on any atom is -0.481 e. The molecule has 0 saturated heterocycles. The predicted molar refractivity (Wildman–Crippen MR) is 116 cm³/mol. The molecule has 0 amide bonds. The van der Waals surface area contributed by atoms with E-state index in [4.69, 9.17) is 5.11 Å². The largest absolute Gasteiger partial charge is 0.481 e. The summed E-state index contributed by atoms with van der Waals surface area (Å²) < 4.78 is 28.3. The van der Waals surface area contributed by atoms with Gasteiger partial charge >= 0.3 is 5.97 Å². The van der Waals surface area contributed by atoms with Gasteiger partial charge in [-0.3, -0.25) is 4.79 Å². The van der Waals surface area contributed by atoms with Crippen LogP contribution in [0, 0.1) is 24.7 Å². The Morgan fingerprint density at radius 3 is 2.62 bits per heavy atom. The highest BCUT2D eigenvalue weighted by Crippen LogP contribution is 2.50. The molecule has 2 aliphatic rings. The van der Waals surface area contributed by atoms with Crippen LogP contribution in [0.15, 0.2) is 41.8 Å². The van der Waals surface area contributed by atoms with E-state index < -0.39 is 16.0 Å². The van der Waals surface area contributed by atoms with E-state index in [1.165, 1.54) is 11.8 Å². The van der Waals surface area contributed by atoms with Crippen LogP contribution >= 0.6 is 0 Å². The van der Waals surface area contributed by atoms with Gasteiger partial charge in [-0.2, -0.15) is 0 Å². The van der Waals surface area contributed by atoms with Crippen molar-refractivity contribution in [3.8, 4) is 0 Å². The quantitative estimate of drug-likeness (QED) is 0.434. The summed E-state index contributed by atoms with van der Waals surface area (Å²) in [5.41, 5.74) is 2.01. The van der Waals surface area contributed by atoms with Crippen LogP contribution in [0.3, 0.4) is 0 Å². The summed E-state index contributed by atoms with van der Waals surface area (Å²) in [4.78, 5) is 10.6. The van der Waals surface area contributed by atoms with Gasteiger partial charge in [-0.25, -0.2) is 13.1 Å². The number of benzene rings is 1. The topological polar surface area (TPSA) is 83.5 Å². The van der Waals surface area contributed by atoms with Gasteiger partial charge in [-0.1, -0.05) is 42.0 Å². The van der Waals surface area contributed by atoms with Crippen molar-refractivity contribution < 1.29 is 18.3 Å². The SMILES string of the molecule is Cc1ccc(C=CS(=O)(=O)NC2C3CCC(C3)C2CC=CCCCC(=O)O)cc1. The maximum absolute atomic E-state index is 12.7. The van der Waals surface area contributed by atoms with Gasteiger partial charge in [0, 0.05) is 17.9 Å². The van der Waals surface area contributed by atoms with Crippen LogP contribution < -0.4 is 4.72 Å². The molecule has 0 radical (unpaired) electrons. The molecule has 4 atom stereocenters. The number of unbranched alkanes of at least 4 members (excludes halogenated alkanes) is 1. The lowest BCUT2D eigenvalue weighted by molar-refractivity contribution is -0.137. The smallest absolute Gasteiger partial charge is 0.303 e. The molecule has 2 fully saturated rings. The third-order valence-electron chi connectivity index (χ3n) is 6.24. The van der Waals surface area contributed by atoms with E-state index in [1.807, 2.05) is 37.3 Å². The van der Waals surface area contributed by atoms with E-state index in [2.05, 4.69) is 10.8 Å². The zero-order chi connectivity index (χ0) is 20.9. The Morgan fingerprint density at radius 2 is 1.90 bits per heavy atom. The van der Waals surface area contributed by atoms with Crippen molar-refractivity contribution in [2.75, 3.05) is 0 Å². The Balaban J connectivity index is 1.58. The highest BCUT2D eigenvalue weighted by Gasteiger charge is 2.47. The molecule has 2 N–H and O–H groups in total. The first-order chi connectivity index (χ1) is 13.8. The molecule has 29 heavy (non-hydrogen) atoms. The summed E-state index contributed by atoms with van der Waals surface area (Å²) in [6.45, 7) is 2.00. The summed E-state index contributed by atoms with van der Waals surface area (Å²) in [5, 5.41) is 9.97. The van der Waals surface area contributed by atoms with Crippen molar-refractivity contribution in [1.82, 2.24) is 4.72 Å². The van der Waals surface area contributed by atoms with Crippen molar-refractivity contribution in [2.45, 2.75) is 57.9 Å². The molecule has 1 aromatic carbocycles. The molecule has 0 spiro atoms. The number of carboxylic acids is 1. The average molecular weight is 418 g/mol. The minimum atomic E-state index is -3.50. The van der Waals surface area contributed by atoms with Gasteiger partial charge in [0.25, 0.3) is 0 Å². The Hall–Kier alpha value is -1.92. The van der Waals surface area contributed by atoms with E-state index in [9.17, 15) is 13.2 Å². The fraction of sp³-hybridized carbons (Fsp3) is 0.522. The first-order valence-corrected chi connectivity index (χ1v) is 12.0. The molecule has 5 nitrogen and oxygen atoms in total. The van der Waals surface area contributed by atoms with Gasteiger partial charge in [0.2, 0.25) is 10.0 Å². The monoisotopic (exact) mass is 417 g/mol. The summed E-state index contributed by atoms with van der Waals surface area (Å²) in [6.07, 6.45) is 11.6. The number of carbonyl (C=O) groups is 1. The number of aryl methyl sites for hydroxylation is 1. The standard InChI is InChI=1S/C23H31NO4S/c1-17-8-10-18(11-9-17)14-15-29(27,28)24-23-20-13-12-19(16-20)21(23)6-4-2-3-5-7-22(25)26/h2,4,8-11,14-15,19-21,23-24H,3,5-7,12-13,16H2,1H3,(H,25,26). The van der Waals surface area contributed by atoms with Gasteiger partial charge in [-0.05, 0) is 74.8 Å². The maximum atomic E-state index is 12.7. The van der Waals surface area contributed by atoms with Crippen molar-refractivity contribution in [3.63, 3.8) is 0 Å².